The van der Waals surface area contributed by atoms with Crippen LogP contribution in [0.15, 0.2) is 73.2 Å². The number of para-hydroxylation sites is 1. The predicted molar refractivity (Wildman–Crippen MR) is 130 cm³/mol. The second-order valence-electron chi connectivity index (χ2n) is 8.35. The lowest BCUT2D eigenvalue weighted by atomic mass is 10.0. The largest absolute Gasteiger partial charge is 0.383 e. The number of halogens is 4. The van der Waals surface area contributed by atoms with Crippen molar-refractivity contribution in [1.82, 2.24) is 24.3 Å². The molecule has 0 aliphatic rings. The first-order chi connectivity index (χ1) is 17.9. The fourth-order valence-corrected chi connectivity index (χ4v) is 4.35. The molecule has 0 unspecified atom stereocenters. The minimum atomic E-state index is -1.33. The molecule has 6 rings (SSSR count). The van der Waals surface area contributed by atoms with Gasteiger partial charge in [0.25, 0.3) is 0 Å². The summed E-state index contributed by atoms with van der Waals surface area (Å²) < 4.78 is 57.9. The molecule has 4 aromatic heterocycles. The molecule has 2 N–H and O–H groups in total. The number of rotatable bonds is 4. The average Bonchev–Trinajstić information content (AvgIpc) is 3.26. The van der Waals surface area contributed by atoms with E-state index in [0.29, 0.717) is 17.1 Å². The Balaban J connectivity index is 1.48. The molecule has 0 saturated carbocycles. The van der Waals surface area contributed by atoms with Gasteiger partial charge in [-0.2, -0.15) is 0 Å². The highest BCUT2D eigenvalue weighted by atomic mass is 19.2. The normalized spacial score (nSPS) is 11.5. The van der Waals surface area contributed by atoms with Crippen molar-refractivity contribution in [3.05, 3.63) is 108 Å². The summed E-state index contributed by atoms with van der Waals surface area (Å²) in [4.78, 5) is 17.7. The maximum absolute atomic E-state index is 14.4. The van der Waals surface area contributed by atoms with Crippen molar-refractivity contribution in [2.45, 2.75) is 6.42 Å². The van der Waals surface area contributed by atoms with E-state index in [-0.39, 0.29) is 23.2 Å². The van der Waals surface area contributed by atoms with E-state index in [0.717, 1.165) is 28.7 Å². The fourth-order valence-electron chi connectivity index (χ4n) is 4.35. The van der Waals surface area contributed by atoms with Crippen LogP contribution in [0.2, 0.25) is 0 Å². The van der Waals surface area contributed by atoms with Gasteiger partial charge in [-0.1, -0.05) is 18.2 Å². The Morgan fingerprint density at radius 2 is 1.62 bits per heavy atom. The number of nitrogen functional groups attached to an aromatic ring is 1. The van der Waals surface area contributed by atoms with E-state index in [1.54, 1.807) is 12.4 Å². The van der Waals surface area contributed by atoms with Gasteiger partial charge in [-0.3, -0.25) is 9.38 Å². The van der Waals surface area contributed by atoms with Crippen LogP contribution in [0.4, 0.5) is 23.4 Å². The molecular formula is C27H16F4N6. The van der Waals surface area contributed by atoms with Crippen LogP contribution in [0, 0.1) is 23.3 Å². The van der Waals surface area contributed by atoms with Crippen LogP contribution >= 0.6 is 0 Å². The molecule has 4 heterocycles. The van der Waals surface area contributed by atoms with Crippen LogP contribution in [0.5, 0.6) is 0 Å². The smallest absolute Gasteiger partial charge is 0.182 e. The predicted octanol–water partition coefficient (Wildman–Crippen LogP) is 5.74. The second-order valence-corrected chi connectivity index (χ2v) is 8.35. The van der Waals surface area contributed by atoms with Crippen molar-refractivity contribution in [2.75, 3.05) is 5.73 Å². The number of nitrogens with zero attached hydrogens (tertiary/aromatic N) is 5. The third-order valence-corrected chi connectivity index (χ3v) is 6.12. The van der Waals surface area contributed by atoms with Gasteiger partial charge < -0.3 is 5.73 Å². The first-order valence-corrected chi connectivity index (χ1v) is 11.2. The van der Waals surface area contributed by atoms with E-state index in [2.05, 4.69) is 19.9 Å². The van der Waals surface area contributed by atoms with Gasteiger partial charge in [0.1, 0.15) is 29.0 Å². The zero-order chi connectivity index (χ0) is 25.7. The molecule has 0 atom stereocenters. The van der Waals surface area contributed by atoms with Crippen molar-refractivity contribution in [2.24, 2.45) is 0 Å². The Kier molecular flexibility index (Phi) is 5.29. The summed E-state index contributed by atoms with van der Waals surface area (Å²) in [6.07, 6.45) is 3.91. The Hall–Kier alpha value is -4.86. The van der Waals surface area contributed by atoms with E-state index >= 15 is 0 Å². The Morgan fingerprint density at radius 3 is 2.46 bits per heavy atom. The molecule has 182 valence electrons. The molecule has 10 heteroatoms. The van der Waals surface area contributed by atoms with Gasteiger partial charge in [-0.15, -0.1) is 0 Å². The summed E-state index contributed by atoms with van der Waals surface area (Å²) in [5.74, 6) is -3.69. The zero-order valence-electron chi connectivity index (χ0n) is 19.0. The van der Waals surface area contributed by atoms with Gasteiger partial charge in [0.05, 0.1) is 11.0 Å². The van der Waals surface area contributed by atoms with Gasteiger partial charge in [-0.05, 0) is 42.0 Å². The van der Waals surface area contributed by atoms with Crippen LogP contribution in [0.25, 0.3) is 39.1 Å². The van der Waals surface area contributed by atoms with E-state index < -0.39 is 35.3 Å². The molecule has 0 aliphatic carbocycles. The monoisotopic (exact) mass is 500 g/mol. The quantitative estimate of drug-likeness (QED) is 0.247. The van der Waals surface area contributed by atoms with Crippen LogP contribution in [0.3, 0.4) is 0 Å². The van der Waals surface area contributed by atoms with Crippen molar-refractivity contribution in [3.8, 4) is 22.6 Å². The molecule has 0 bridgehead atoms. The van der Waals surface area contributed by atoms with Gasteiger partial charge in [0.15, 0.2) is 17.5 Å². The van der Waals surface area contributed by atoms with Crippen molar-refractivity contribution >= 4 is 22.2 Å². The first-order valence-electron chi connectivity index (χ1n) is 11.2. The van der Waals surface area contributed by atoms with Gasteiger partial charge >= 0.3 is 0 Å². The van der Waals surface area contributed by atoms with E-state index in [1.807, 2.05) is 30.3 Å². The number of fused-ring (bicyclic) bond motifs is 2. The number of imidazole rings is 1. The molecular weight excluding hydrogens is 484 g/mol. The Labute approximate surface area is 207 Å². The van der Waals surface area contributed by atoms with E-state index in [9.17, 15) is 17.6 Å². The lowest BCUT2D eigenvalue weighted by molar-refractivity contribution is 0.481. The number of aromatic nitrogens is 5. The molecule has 0 fully saturated rings. The topological polar surface area (TPSA) is 82.0 Å². The van der Waals surface area contributed by atoms with Gasteiger partial charge in [0, 0.05) is 41.5 Å². The van der Waals surface area contributed by atoms with Crippen LogP contribution in [-0.4, -0.2) is 24.3 Å². The van der Waals surface area contributed by atoms with E-state index in [4.69, 9.17) is 5.73 Å². The minimum Gasteiger partial charge on any atom is -0.383 e. The summed E-state index contributed by atoms with van der Waals surface area (Å²) in [6.45, 7) is 0. The molecule has 0 amide bonds. The summed E-state index contributed by atoms with van der Waals surface area (Å²) >= 11 is 0. The number of hydrogen-bond donors (Lipinski definition) is 1. The highest BCUT2D eigenvalue weighted by Gasteiger charge is 2.21. The number of hydrogen-bond acceptors (Lipinski definition) is 5. The molecule has 0 saturated heterocycles. The maximum atomic E-state index is 14.4. The lowest BCUT2D eigenvalue weighted by Crippen LogP contribution is -2.04. The SMILES string of the molecule is Nc1nc(-c2nc(Cc3c(F)ccc(F)c3F)n3cc(F)ccc23)ncc1-c1ccnc2ccccc12. The summed E-state index contributed by atoms with van der Waals surface area (Å²) in [5, 5.41) is 0.873. The number of nitrogens with two attached hydrogens (primary N) is 1. The third kappa shape index (κ3) is 3.83. The molecule has 0 radical (unpaired) electrons. The number of benzene rings is 2. The zero-order valence-corrected chi connectivity index (χ0v) is 19.0. The van der Waals surface area contributed by atoms with Crippen LogP contribution in [0.1, 0.15) is 11.4 Å². The molecule has 6 nitrogen and oxygen atoms in total. The second kappa shape index (κ2) is 8.66. The number of pyridine rings is 2. The molecule has 37 heavy (non-hydrogen) atoms. The highest BCUT2D eigenvalue weighted by Crippen LogP contribution is 2.32. The molecule has 2 aromatic carbocycles. The molecule has 6 aromatic rings. The minimum absolute atomic E-state index is 0.0688. The third-order valence-electron chi connectivity index (χ3n) is 6.12. The van der Waals surface area contributed by atoms with Crippen LogP contribution < -0.4 is 5.73 Å². The van der Waals surface area contributed by atoms with Gasteiger partial charge in [0.2, 0.25) is 0 Å². The van der Waals surface area contributed by atoms with Gasteiger partial charge in [-0.25, -0.2) is 32.5 Å². The summed E-state index contributed by atoms with van der Waals surface area (Å²) in [7, 11) is 0. The first kappa shape index (κ1) is 22.6. The molecule has 0 aliphatic heterocycles. The number of anilines is 1. The summed E-state index contributed by atoms with van der Waals surface area (Å²) in [6, 6.07) is 13.6. The van der Waals surface area contributed by atoms with Crippen LogP contribution in [-0.2, 0) is 6.42 Å². The summed E-state index contributed by atoms with van der Waals surface area (Å²) in [5.41, 5.74) is 8.58. The van der Waals surface area contributed by atoms with Crippen molar-refractivity contribution < 1.29 is 17.6 Å². The highest BCUT2D eigenvalue weighted by molar-refractivity contribution is 5.96. The van der Waals surface area contributed by atoms with Crippen molar-refractivity contribution in [3.63, 3.8) is 0 Å². The Morgan fingerprint density at radius 1 is 0.811 bits per heavy atom. The standard InChI is InChI=1S/C27H16F4N6/c28-14-5-8-22-25(35-23(37(22)13-14)11-17-19(29)6-7-20(30)24(17)31)27-34-12-18(26(32)36-27)15-9-10-33-21-4-2-1-3-16(15)21/h1-10,12-13H,11H2,(H2,32,34,36). The Bertz CT molecular complexity index is 1830. The van der Waals surface area contributed by atoms with Crippen molar-refractivity contribution in [1.29, 1.82) is 0 Å². The maximum Gasteiger partial charge on any atom is 0.182 e. The fraction of sp³-hybridized carbons (Fsp3) is 0.0370. The molecule has 0 spiro atoms. The average molecular weight is 500 g/mol. The lowest BCUT2D eigenvalue weighted by Gasteiger charge is -2.09. The van der Waals surface area contributed by atoms with E-state index in [1.165, 1.54) is 16.5 Å².